The SMILES string of the molecule is CCNCc1ccc(SCc2ccccc2Cl)c(Cl)c1. The summed E-state index contributed by atoms with van der Waals surface area (Å²) in [5.41, 5.74) is 2.34. The molecule has 0 aliphatic rings. The fourth-order valence-corrected chi connectivity index (χ4v) is 3.38. The first-order valence-electron chi connectivity index (χ1n) is 6.56. The first-order valence-corrected chi connectivity index (χ1v) is 8.30. The van der Waals surface area contributed by atoms with Gasteiger partial charge in [0, 0.05) is 22.2 Å². The molecule has 0 radical (unpaired) electrons. The molecule has 2 rings (SSSR count). The Hall–Kier alpha value is -0.670. The molecule has 0 amide bonds. The van der Waals surface area contributed by atoms with Gasteiger partial charge in [-0.1, -0.05) is 54.4 Å². The monoisotopic (exact) mass is 325 g/mol. The Morgan fingerprint density at radius 2 is 1.85 bits per heavy atom. The van der Waals surface area contributed by atoms with Crippen molar-refractivity contribution < 1.29 is 0 Å². The zero-order valence-electron chi connectivity index (χ0n) is 11.3. The minimum Gasteiger partial charge on any atom is -0.313 e. The Labute approximate surface area is 134 Å². The Balaban J connectivity index is 2.01. The molecule has 106 valence electrons. The van der Waals surface area contributed by atoms with Crippen LogP contribution in [0, 0.1) is 0 Å². The van der Waals surface area contributed by atoms with Crippen molar-refractivity contribution >= 4 is 35.0 Å². The van der Waals surface area contributed by atoms with E-state index in [9.17, 15) is 0 Å². The van der Waals surface area contributed by atoms with Crippen LogP contribution in [-0.4, -0.2) is 6.54 Å². The van der Waals surface area contributed by atoms with Gasteiger partial charge < -0.3 is 5.32 Å². The molecular formula is C16H17Cl2NS. The molecule has 1 nitrogen and oxygen atoms in total. The highest BCUT2D eigenvalue weighted by Crippen LogP contribution is 2.32. The second-order valence-electron chi connectivity index (χ2n) is 4.43. The van der Waals surface area contributed by atoms with E-state index in [0.29, 0.717) is 0 Å². The van der Waals surface area contributed by atoms with Crippen molar-refractivity contribution in [2.24, 2.45) is 0 Å². The van der Waals surface area contributed by atoms with Crippen LogP contribution in [-0.2, 0) is 12.3 Å². The van der Waals surface area contributed by atoms with E-state index >= 15 is 0 Å². The van der Waals surface area contributed by atoms with Crippen molar-refractivity contribution in [3.63, 3.8) is 0 Å². The standard InChI is InChI=1S/C16H17Cl2NS/c1-2-19-10-12-7-8-16(15(18)9-12)20-11-13-5-3-4-6-14(13)17/h3-9,19H,2,10-11H2,1H3. The molecule has 20 heavy (non-hydrogen) atoms. The van der Waals surface area contributed by atoms with Crippen molar-refractivity contribution in [3.05, 3.63) is 63.6 Å². The highest BCUT2D eigenvalue weighted by atomic mass is 35.5. The Kier molecular flexibility index (Phi) is 6.24. The van der Waals surface area contributed by atoms with Crippen molar-refractivity contribution in [2.45, 2.75) is 24.1 Å². The van der Waals surface area contributed by atoms with E-state index in [4.69, 9.17) is 23.2 Å². The molecule has 0 aromatic heterocycles. The van der Waals surface area contributed by atoms with Crippen molar-refractivity contribution in [2.75, 3.05) is 6.54 Å². The van der Waals surface area contributed by atoms with Gasteiger partial charge in [0.05, 0.1) is 5.02 Å². The van der Waals surface area contributed by atoms with Crippen LogP contribution in [0.15, 0.2) is 47.4 Å². The summed E-state index contributed by atoms with van der Waals surface area (Å²) in [5.74, 6) is 0.825. The maximum atomic E-state index is 6.33. The molecule has 0 unspecified atom stereocenters. The van der Waals surface area contributed by atoms with E-state index in [1.807, 2.05) is 30.3 Å². The highest BCUT2D eigenvalue weighted by Gasteiger charge is 2.05. The quantitative estimate of drug-likeness (QED) is 0.714. The van der Waals surface area contributed by atoms with Crippen LogP contribution in [0.2, 0.25) is 10.0 Å². The maximum absolute atomic E-state index is 6.33. The minimum atomic E-state index is 0.803. The fourth-order valence-electron chi connectivity index (χ4n) is 1.81. The predicted octanol–water partition coefficient (Wildman–Crippen LogP) is 5.40. The summed E-state index contributed by atoms with van der Waals surface area (Å²) in [5, 5.41) is 4.90. The van der Waals surface area contributed by atoms with Crippen LogP contribution >= 0.6 is 35.0 Å². The number of hydrogen-bond acceptors (Lipinski definition) is 2. The van der Waals surface area contributed by atoms with Crippen LogP contribution in [0.5, 0.6) is 0 Å². The molecule has 0 atom stereocenters. The summed E-state index contributed by atoms with van der Waals surface area (Å²) in [4.78, 5) is 1.09. The number of nitrogens with one attached hydrogen (secondary N) is 1. The normalized spacial score (nSPS) is 10.8. The van der Waals surface area contributed by atoms with E-state index in [0.717, 1.165) is 39.3 Å². The molecule has 2 aromatic carbocycles. The first-order chi connectivity index (χ1) is 9.70. The van der Waals surface area contributed by atoms with Crippen molar-refractivity contribution in [3.8, 4) is 0 Å². The van der Waals surface area contributed by atoms with Crippen LogP contribution in [0.25, 0.3) is 0 Å². The van der Waals surface area contributed by atoms with Crippen molar-refractivity contribution in [1.29, 1.82) is 0 Å². The number of benzene rings is 2. The molecule has 0 saturated heterocycles. The third kappa shape index (κ3) is 4.42. The van der Waals surface area contributed by atoms with Crippen molar-refractivity contribution in [1.82, 2.24) is 5.32 Å². The summed E-state index contributed by atoms with van der Waals surface area (Å²) in [6, 6.07) is 14.1. The minimum absolute atomic E-state index is 0.803. The zero-order chi connectivity index (χ0) is 14.4. The summed E-state index contributed by atoms with van der Waals surface area (Å²) in [7, 11) is 0. The lowest BCUT2D eigenvalue weighted by atomic mass is 10.2. The van der Waals surface area contributed by atoms with Gasteiger partial charge in [-0.05, 0) is 35.9 Å². The molecule has 0 fully saturated rings. The van der Waals surface area contributed by atoms with E-state index in [2.05, 4.69) is 24.4 Å². The highest BCUT2D eigenvalue weighted by molar-refractivity contribution is 7.98. The molecule has 4 heteroatoms. The van der Waals surface area contributed by atoms with Gasteiger partial charge >= 0.3 is 0 Å². The second kappa shape index (κ2) is 7.94. The van der Waals surface area contributed by atoms with E-state index in [1.54, 1.807) is 11.8 Å². The van der Waals surface area contributed by atoms with Crippen LogP contribution in [0.1, 0.15) is 18.1 Å². The van der Waals surface area contributed by atoms with Gasteiger partial charge in [-0.2, -0.15) is 0 Å². The van der Waals surface area contributed by atoms with Gasteiger partial charge in [-0.15, -0.1) is 11.8 Å². The maximum Gasteiger partial charge on any atom is 0.0545 e. The largest absolute Gasteiger partial charge is 0.313 e. The number of hydrogen-bond donors (Lipinski definition) is 1. The van der Waals surface area contributed by atoms with E-state index in [-0.39, 0.29) is 0 Å². The number of halogens is 2. The molecular weight excluding hydrogens is 309 g/mol. The van der Waals surface area contributed by atoms with Gasteiger partial charge in [-0.3, -0.25) is 0 Å². The van der Waals surface area contributed by atoms with Gasteiger partial charge in [0.25, 0.3) is 0 Å². The summed E-state index contributed by atoms with van der Waals surface area (Å²) in [6.45, 7) is 3.90. The summed E-state index contributed by atoms with van der Waals surface area (Å²) in [6.07, 6.45) is 0. The molecule has 0 saturated carbocycles. The number of thioether (sulfide) groups is 1. The van der Waals surface area contributed by atoms with Gasteiger partial charge in [0.1, 0.15) is 0 Å². The predicted molar refractivity (Wildman–Crippen MR) is 89.8 cm³/mol. The Morgan fingerprint density at radius 3 is 2.55 bits per heavy atom. The van der Waals surface area contributed by atoms with Crippen LogP contribution in [0.4, 0.5) is 0 Å². The van der Waals surface area contributed by atoms with Crippen LogP contribution in [0.3, 0.4) is 0 Å². The molecule has 0 heterocycles. The third-order valence-corrected chi connectivity index (χ3v) is 4.83. The lowest BCUT2D eigenvalue weighted by molar-refractivity contribution is 0.726. The summed E-state index contributed by atoms with van der Waals surface area (Å²) < 4.78 is 0. The Morgan fingerprint density at radius 1 is 1.05 bits per heavy atom. The molecule has 1 N–H and O–H groups in total. The molecule has 2 aromatic rings. The van der Waals surface area contributed by atoms with Gasteiger partial charge in [0.15, 0.2) is 0 Å². The van der Waals surface area contributed by atoms with Crippen LogP contribution < -0.4 is 5.32 Å². The topological polar surface area (TPSA) is 12.0 Å². The second-order valence-corrected chi connectivity index (χ2v) is 6.26. The average molecular weight is 326 g/mol. The third-order valence-electron chi connectivity index (χ3n) is 2.92. The van der Waals surface area contributed by atoms with Gasteiger partial charge in [-0.25, -0.2) is 0 Å². The summed E-state index contributed by atoms with van der Waals surface area (Å²) >= 11 is 14.2. The molecule has 0 aliphatic heterocycles. The Bertz CT molecular complexity index is 572. The molecule has 0 bridgehead atoms. The lowest BCUT2D eigenvalue weighted by Crippen LogP contribution is -2.11. The smallest absolute Gasteiger partial charge is 0.0545 e. The van der Waals surface area contributed by atoms with E-state index in [1.165, 1.54) is 5.56 Å². The molecule has 0 aliphatic carbocycles. The number of rotatable bonds is 6. The average Bonchev–Trinajstić information content (AvgIpc) is 2.45. The fraction of sp³-hybridized carbons (Fsp3) is 0.250. The van der Waals surface area contributed by atoms with E-state index < -0.39 is 0 Å². The molecule has 0 spiro atoms. The van der Waals surface area contributed by atoms with Gasteiger partial charge in [0.2, 0.25) is 0 Å². The first kappa shape index (κ1) is 15.7. The lowest BCUT2D eigenvalue weighted by Gasteiger charge is -2.08. The zero-order valence-corrected chi connectivity index (χ0v) is 13.7.